The van der Waals surface area contributed by atoms with E-state index >= 15 is 0 Å². The summed E-state index contributed by atoms with van der Waals surface area (Å²) in [5, 5.41) is 4.03. The van der Waals surface area contributed by atoms with Crippen LogP contribution in [-0.4, -0.2) is 7.05 Å². The maximum Gasteiger partial charge on any atom is 2.00 e. The quantitative estimate of drug-likeness (QED) is 0.757. The fourth-order valence-electron chi connectivity index (χ4n) is 0.767. The molecule has 1 aromatic rings. The van der Waals surface area contributed by atoms with E-state index in [0.29, 0.717) is 0 Å². The molecule has 0 radical (unpaired) electrons. The molecule has 0 saturated carbocycles. The Bertz CT molecular complexity index is 198. The summed E-state index contributed by atoms with van der Waals surface area (Å²) in [6.45, 7) is 2.06. The van der Waals surface area contributed by atoms with Gasteiger partial charge in [0.15, 0.2) is 0 Å². The van der Waals surface area contributed by atoms with Gasteiger partial charge in [0.05, 0.1) is 0 Å². The molecule has 0 aliphatic heterocycles. The summed E-state index contributed by atoms with van der Waals surface area (Å²) < 4.78 is 0. The number of aryl methyl sites for hydroxylation is 1. The van der Waals surface area contributed by atoms with Gasteiger partial charge in [0.1, 0.15) is 0 Å². The van der Waals surface area contributed by atoms with Crippen LogP contribution in [0.4, 0.5) is 5.69 Å². The van der Waals surface area contributed by atoms with E-state index in [4.69, 9.17) is 0 Å². The van der Waals surface area contributed by atoms with Crippen LogP contribution in [0.15, 0.2) is 24.3 Å². The Hall–Kier alpha value is -0.292. The van der Waals surface area contributed by atoms with E-state index in [-0.39, 0.29) is 21.1 Å². The van der Waals surface area contributed by atoms with Crippen molar-refractivity contribution in [2.45, 2.75) is 6.92 Å². The molecule has 1 rings (SSSR count). The normalized spacial score (nSPS) is 8.20. The Morgan fingerprint density at radius 3 is 2.40 bits per heavy atom. The summed E-state index contributed by atoms with van der Waals surface area (Å²) in [7, 11) is 1.80. The van der Waals surface area contributed by atoms with Crippen LogP contribution >= 0.6 is 0 Å². The van der Waals surface area contributed by atoms with Crippen molar-refractivity contribution in [3.05, 3.63) is 35.1 Å². The van der Waals surface area contributed by atoms with E-state index in [9.17, 15) is 0 Å². The van der Waals surface area contributed by atoms with Crippen LogP contribution in [0.2, 0.25) is 0 Å². The second-order valence-corrected chi connectivity index (χ2v) is 2.06. The van der Waals surface area contributed by atoms with Gasteiger partial charge in [-0.15, -0.1) is 12.7 Å². The average Bonchev–Trinajstić information content (AvgIpc) is 1.88. The van der Waals surface area contributed by atoms with E-state index in [0.717, 1.165) is 5.69 Å². The van der Waals surface area contributed by atoms with Crippen molar-refractivity contribution >= 4 is 5.69 Å². The molecule has 2 heteroatoms. The number of rotatable bonds is 1. The standard InChI is InChI=1S/C8H10N.W/c1-7-4-3-5-8(6-7)9-2;/h3-6H,1-2H3;/q-1;+2. The number of benzene rings is 1. The van der Waals surface area contributed by atoms with Crippen molar-refractivity contribution < 1.29 is 21.1 Å². The zero-order valence-electron chi connectivity index (χ0n) is 6.16. The van der Waals surface area contributed by atoms with Crippen molar-refractivity contribution in [2.24, 2.45) is 0 Å². The summed E-state index contributed by atoms with van der Waals surface area (Å²) in [6, 6.07) is 8.12. The van der Waals surface area contributed by atoms with Crippen LogP contribution in [0.25, 0.3) is 5.32 Å². The SMILES string of the molecule is C[N-]c1cccc(C)c1.[W+2]. The first-order valence-corrected chi connectivity index (χ1v) is 2.99. The molecule has 0 N–H and O–H groups in total. The second-order valence-electron chi connectivity index (χ2n) is 2.06. The third kappa shape index (κ3) is 2.53. The molecule has 0 amide bonds. The molecular formula is C8H10NW+. The van der Waals surface area contributed by atoms with Gasteiger partial charge in [0.25, 0.3) is 0 Å². The molecule has 52 valence electrons. The zero-order valence-corrected chi connectivity index (χ0v) is 9.10. The molecule has 0 aliphatic carbocycles. The molecule has 1 aromatic carbocycles. The van der Waals surface area contributed by atoms with E-state index in [1.165, 1.54) is 5.56 Å². The summed E-state index contributed by atoms with van der Waals surface area (Å²) >= 11 is 0. The summed E-state index contributed by atoms with van der Waals surface area (Å²) in [5.74, 6) is 0. The molecule has 0 atom stereocenters. The van der Waals surface area contributed by atoms with Crippen LogP contribution in [0, 0.1) is 6.92 Å². The van der Waals surface area contributed by atoms with Gasteiger partial charge in [-0.3, -0.25) is 0 Å². The van der Waals surface area contributed by atoms with Gasteiger partial charge in [-0.1, -0.05) is 29.8 Å². The van der Waals surface area contributed by atoms with Crippen LogP contribution in [0.1, 0.15) is 5.56 Å². The van der Waals surface area contributed by atoms with E-state index in [1.807, 2.05) is 12.1 Å². The molecule has 0 unspecified atom stereocenters. The van der Waals surface area contributed by atoms with Crippen LogP contribution < -0.4 is 0 Å². The van der Waals surface area contributed by atoms with Crippen LogP contribution in [0.5, 0.6) is 0 Å². The largest absolute Gasteiger partial charge is 2.00 e. The molecular weight excluding hydrogens is 294 g/mol. The Labute approximate surface area is 76.1 Å². The fourth-order valence-corrected chi connectivity index (χ4v) is 0.767. The molecule has 0 saturated heterocycles. The minimum Gasteiger partial charge on any atom is -0.687 e. The van der Waals surface area contributed by atoms with Gasteiger partial charge in [-0.25, -0.2) is 0 Å². The minimum absolute atomic E-state index is 0. The van der Waals surface area contributed by atoms with Crippen molar-refractivity contribution in [3.63, 3.8) is 0 Å². The first-order valence-electron chi connectivity index (χ1n) is 2.99. The van der Waals surface area contributed by atoms with Gasteiger partial charge >= 0.3 is 21.1 Å². The summed E-state index contributed by atoms with van der Waals surface area (Å²) in [5.41, 5.74) is 2.31. The fraction of sp³-hybridized carbons (Fsp3) is 0.250. The first-order chi connectivity index (χ1) is 4.33. The number of hydrogen-bond donors (Lipinski definition) is 0. The number of hydrogen-bond acceptors (Lipinski definition) is 0. The van der Waals surface area contributed by atoms with Gasteiger partial charge in [0.2, 0.25) is 0 Å². The Balaban J connectivity index is 0.000000810. The molecule has 0 bridgehead atoms. The first kappa shape index (κ1) is 9.71. The minimum atomic E-state index is 0. The Morgan fingerprint density at radius 1 is 1.30 bits per heavy atom. The molecule has 0 spiro atoms. The van der Waals surface area contributed by atoms with Crippen molar-refractivity contribution in [1.29, 1.82) is 0 Å². The van der Waals surface area contributed by atoms with E-state index in [1.54, 1.807) is 7.05 Å². The molecule has 0 fully saturated rings. The van der Waals surface area contributed by atoms with Crippen molar-refractivity contribution in [2.75, 3.05) is 7.05 Å². The average molecular weight is 304 g/mol. The van der Waals surface area contributed by atoms with Gasteiger partial charge in [-0.05, 0) is 6.92 Å². The predicted octanol–water partition coefficient (Wildman–Crippen LogP) is 2.63. The number of nitrogens with zero attached hydrogens (tertiary/aromatic N) is 1. The zero-order chi connectivity index (χ0) is 6.69. The predicted molar refractivity (Wildman–Crippen MR) is 40.1 cm³/mol. The molecule has 10 heavy (non-hydrogen) atoms. The second kappa shape index (κ2) is 4.51. The van der Waals surface area contributed by atoms with E-state index < -0.39 is 0 Å². The van der Waals surface area contributed by atoms with Crippen molar-refractivity contribution in [1.82, 2.24) is 0 Å². The topological polar surface area (TPSA) is 14.1 Å². The van der Waals surface area contributed by atoms with Gasteiger partial charge in [0, 0.05) is 0 Å². The summed E-state index contributed by atoms with van der Waals surface area (Å²) in [4.78, 5) is 0. The summed E-state index contributed by atoms with van der Waals surface area (Å²) in [6.07, 6.45) is 0. The molecule has 1 nitrogen and oxygen atoms in total. The third-order valence-electron chi connectivity index (χ3n) is 1.26. The van der Waals surface area contributed by atoms with Crippen LogP contribution in [-0.2, 0) is 21.1 Å². The van der Waals surface area contributed by atoms with Gasteiger partial charge < -0.3 is 5.32 Å². The maximum absolute atomic E-state index is 4.03. The monoisotopic (exact) mass is 304 g/mol. The van der Waals surface area contributed by atoms with Gasteiger partial charge in [-0.2, -0.15) is 0 Å². The Morgan fingerprint density at radius 2 is 2.00 bits per heavy atom. The van der Waals surface area contributed by atoms with Crippen LogP contribution in [0.3, 0.4) is 0 Å². The van der Waals surface area contributed by atoms with E-state index in [2.05, 4.69) is 24.4 Å². The molecule has 0 heterocycles. The molecule has 0 aromatic heterocycles. The molecule has 0 aliphatic rings. The van der Waals surface area contributed by atoms with Crippen molar-refractivity contribution in [3.8, 4) is 0 Å². The smallest absolute Gasteiger partial charge is 0.687 e. The maximum atomic E-state index is 4.03. The Kier molecular flexibility index (Phi) is 4.38. The third-order valence-corrected chi connectivity index (χ3v) is 1.26.